The first-order valence-corrected chi connectivity index (χ1v) is 9.40. The maximum atomic E-state index is 12.6. The van der Waals surface area contributed by atoms with Crippen molar-refractivity contribution in [2.45, 2.75) is 31.8 Å². The monoisotopic (exact) mass is 354 g/mol. The van der Waals surface area contributed by atoms with Crippen molar-refractivity contribution in [1.29, 1.82) is 0 Å². The van der Waals surface area contributed by atoms with E-state index in [0.29, 0.717) is 12.3 Å². The summed E-state index contributed by atoms with van der Waals surface area (Å²) in [5, 5.41) is 2.85. The van der Waals surface area contributed by atoms with Gasteiger partial charge in [0.1, 0.15) is 11.4 Å². The molecule has 0 bridgehead atoms. The second kappa shape index (κ2) is 7.74. The first-order valence-electron chi connectivity index (χ1n) is 8.35. The lowest BCUT2D eigenvalue weighted by atomic mass is 10.1. The molecule has 2 amide bonds. The van der Waals surface area contributed by atoms with Crippen LogP contribution < -0.4 is 5.32 Å². The van der Waals surface area contributed by atoms with Crippen LogP contribution >= 0.6 is 11.8 Å². The molecule has 1 aliphatic rings. The smallest absolute Gasteiger partial charge is 0.243 e. The Balaban J connectivity index is 1.71. The third-order valence-electron chi connectivity index (χ3n) is 4.34. The van der Waals surface area contributed by atoms with Gasteiger partial charge in [0, 0.05) is 19.2 Å². The molecule has 1 N–H and O–H groups in total. The highest BCUT2D eigenvalue weighted by Gasteiger charge is 2.40. The predicted octanol–water partition coefficient (Wildman–Crippen LogP) is 3.27. The van der Waals surface area contributed by atoms with Gasteiger partial charge in [0.15, 0.2) is 0 Å². The Hall–Kier alpha value is -2.27. The summed E-state index contributed by atoms with van der Waals surface area (Å²) < 4.78 is 0. The largest absolute Gasteiger partial charge is 0.350 e. The lowest BCUT2D eigenvalue weighted by Gasteiger charge is -2.28. The summed E-state index contributed by atoms with van der Waals surface area (Å²) in [4.78, 5) is 26.6. The minimum atomic E-state index is -0.433. The summed E-state index contributed by atoms with van der Waals surface area (Å²) >= 11 is 1.64. The molecule has 0 unspecified atom stereocenters. The SMILES string of the molecule is CC(=O)N1[C@@H](c2ccc(C)cc2)SC[C@H]1C(=O)NCc1ccccc1. The van der Waals surface area contributed by atoms with Gasteiger partial charge < -0.3 is 10.2 Å². The topological polar surface area (TPSA) is 49.4 Å². The summed E-state index contributed by atoms with van der Waals surface area (Å²) in [6, 6.07) is 17.5. The summed E-state index contributed by atoms with van der Waals surface area (Å²) in [6.45, 7) is 4.04. The zero-order chi connectivity index (χ0) is 17.8. The summed E-state index contributed by atoms with van der Waals surface area (Å²) in [5.41, 5.74) is 3.29. The zero-order valence-electron chi connectivity index (χ0n) is 14.4. The summed E-state index contributed by atoms with van der Waals surface area (Å²) in [6.07, 6.45) is 0. The van der Waals surface area contributed by atoms with Crippen LogP contribution in [0.5, 0.6) is 0 Å². The average molecular weight is 354 g/mol. The summed E-state index contributed by atoms with van der Waals surface area (Å²) in [5.74, 6) is 0.440. The molecular weight excluding hydrogens is 332 g/mol. The first-order chi connectivity index (χ1) is 12.1. The van der Waals surface area contributed by atoms with Gasteiger partial charge in [-0.2, -0.15) is 0 Å². The predicted molar refractivity (Wildman–Crippen MR) is 101 cm³/mol. The van der Waals surface area contributed by atoms with Crippen LogP contribution in [-0.4, -0.2) is 28.5 Å². The summed E-state index contributed by atoms with van der Waals surface area (Å²) in [7, 11) is 0. The number of thioether (sulfide) groups is 1. The van der Waals surface area contributed by atoms with Crippen molar-refractivity contribution >= 4 is 23.6 Å². The fourth-order valence-corrected chi connectivity index (χ4v) is 4.47. The molecule has 0 spiro atoms. The molecule has 2 aromatic rings. The standard InChI is InChI=1S/C20H22N2O2S/c1-14-8-10-17(11-9-14)20-22(15(2)23)18(13-25-20)19(24)21-12-16-6-4-3-5-7-16/h3-11,18,20H,12-13H2,1-2H3,(H,21,24)/t18-,20+/m0/s1. The molecule has 130 valence electrons. The molecule has 1 fully saturated rings. The number of aryl methyl sites for hydroxylation is 1. The van der Waals surface area contributed by atoms with Crippen LogP contribution in [0.25, 0.3) is 0 Å². The van der Waals surface area contributed by atoms with Crippen LogP contribution in [-0.2, 0) is 16.1 Å². The van der Waals surface area contributed by atoms with E-state index in [0.717, 1.165) is 11.1 Å². The molecule has 1 heterocycles. The number of carbonyl (C=O) groups excluding carboxylic acids is 2. The zero-order valence-corrected chi connectivity index (χ0v) is 15.3. The van der Waals surface area contributed by atoms with Crippen molar-refractivity contribution in [3.63, 3.8) is 0 Å². The quantitative estimate of drug-likeness (QED) is 0.917. The molecule has 1 aliphatic heterocycles. The minimum absolute atomic E-state index is 0.0737. The van der Waals surface area contributed by atoms with E-state index in [2.05, 4.69) is 5.32 Å². The molecule has 0 radical (unpaired) electrons. The van der Waals surface area contributed by atoms with Crippen LogP contribution in [0.1, 0.15) is 29.0 Å². The van der Waals surface area contributed by atoms with E-state index >= 15 is 0 Å². The van der Waals surface area contributed by atoms with E-state index in [-0.39, 0.29) is 17.2 Å². The normalized spacial score (nSPS) is 19.7. The van der Waals surface area contributed by atoms with Gasteiger partial charge in [-0.05, 0) is 18.1 Å². The van der Waals surface area contributed by atoms with Gasteiger partial charge in [-0.3, -0.25) is 9.59 Å². The van der Waals surface area contributed by atoms with Crippen LogP contribution in [0.3, 0.4) is 0 Å². The Morgan fingerprint density at radius 3 is 2.44 bits per heavy atom. The number of nitrogens with one attached hydrogen (secondary N) is 1. The van der Waals surface area contributed by atoms with Crippen LogP contribution in [0, 0.1) is 6.92 Å². The number of nitrogens with zero attached hydrogens (tertiary/aromatic N) is 1. The fraction of sp³-hybridized carbons (Fsp3) is 0.300. The van der Waals surface area contributed by atoms with E-state index in [9.17, 15) is 9.59 Å². The van der Waals surface area contributed by atoms with Gasteiger partial charge in [0.05, 0.1) is 0 Å². The van der Waals surface area contributed by atoms with Crippen molar-refractivity contribution in [1.82, 2.24) is 10.2 Å². The number of carbonyl (C=O) groups is 2. The Morgan fingerprint density at radius 1 is 1.12 bits per heavy atom. The fourth-order valence-electron chi connectivity index (χ4n) is 2.98. The Bertz CT molecular complexity index is 746. The van der Waals surface area contributed by atoms with Gasteiger partial charge in [0.25, 0.3) is 0 Å². The Morgan fingerprint density at radius 2 is 1.80 bits per heavy atom. The number of amides is 2. The molecule has 2 atom stereocenters. The Kier molecular flexibility index (Phi) is 5.43. The molecular formula is C20H22N2O2S. The number of hydrogen-bond donors (Lipinski definition) is 1. The van der Waals surface area contributed by atoms with E-state index in [1.807, 2.05) is 61.5 Å². The molecule has 2 aromatic carbocycles. The maximum Gasteiger partial charge on any atom is 0.243 e. The number of rotatable bonds is 4. The van der Waals surface area contributed by atoms with Crippen molar-refractivity contribution < 1.29 is 9.59 Å². The molecule has 0 aromatic heterocycles. The lowest BCUT2D eigenvalue weighted by molar-refractivity contribution is -0.138. The highest BCUT2D eigenvalue weighted by atomic mass is 32.2. The van der Waals surface area contributed by atoms with Gasteiger partial charge in [-0.1, -0.05) is 60.2 Å². The molecule has 5 heteroatoms. The second-order valence-corrected chi connectivity index (χ2v) is 7.36. The minimum Gasteiger partial charge on any atom is -0.350 e. The molecule has 25 heavy (non-hydrogen) atoms. The highest BCUT2D eigenvalue weighted by Crippen LogP contribution is 2.41. The average Bonchev–Trinajstić information content (AvgIpc) is 3.06. The van der Waals surface area contributed by atoms with E-state index in [1.165, 1.54) is 12.5 Å². The third kappa shape index (κ3) is 4.04. The van der Waals surface area contributed by atoms with Crippen LogP contribution in [0.4, 0.5) is 0 Å². The van der Waals surface area contributed by atoms with Gasteiger partial charge in [-0.25, -0.2) is 0 Å². The van der Waals surface area contributed by atoms with Gasteiger partial charge >= 0.3 is 0 Å². The van der Waals surface area contributed by atoms with Crippen molar-refractivity contribution in [2.24, 2.45) is 0 Å². The lowest BCUT2D eigenvalue weighted by Crippen LogP contribution is -2.47. The molecule has 0 saturated carbocycles. The van der Waals surface area contributed by atoms with E-state index in [1.54, 1.807) is 16.7 Å². The highest BCUT2D eigenvalue weighted by molar-refractivity contribution is 7.99. The van der Waals surface area contributed by atoms with Crippen molar-refractivity contribution in [3.05, 3.63) is 71.3 Å². The van der Waals surface area contributed by atoms with Crippen molar-refractivity contribution in [2.75, 3.05) is 5.75 Å². The van der Waals surface area contributed by atoms with Crippen molar-refractivity contribution in [3.8, 4) is 0 Å². The molecule has 3 rings (SSSR count). The molecule has 4 nitrogen and oxygen atoms in total. The first kappa shape index (κ1) is 17.5. The van der Waals surface area contributed by atoms with Crippen LogP contribution in [0.2, 0.25) is 0 Å². The van der Waals surface area contributed by atoms with Crippen LogP contribution in [0.15, 0.2) is 54.6 Å². The van der Waals surface area contributed by atoms with E-state index in [4.69, 9.17) is 0 Å². The maximum absolute atomic E-state index is 12.6. The number of hydrogen-bond acceptors (Lipinski definition) is 3. The number of benzene rings is 2. The Labute approximate surface area is 152 Å². The second-order valence-electron chi connectivity index (χ2n) is 6.24. The van der Waals surface area contributed by atoms with E-state index < -0.39 is 6.04 Å². The van der Waals surface area contributed by atoms with Gasteiger partial charge in [-0.15, -0.1) is 11.8 Å². The molecule has 1 saturated heterocycles. The molecule has 0 aliphatic carbocycles. The van der Waals surface area contributed by atoms with Gasteiger partial charge in [0.2, 0.25) is 11.8 Å². The third-order valence-corrected chi connectivity index (χ3v) is 5.66.